The standard InChI is InChI=1S/C21H23NO3/c1-13-8-7-9-14(2)19(13)24-12-15(3)22-21(23)20-16(4)17-10-5-6-11-18(17)25-20/h5-11,15H,12H2,1-4H3,(H,22,23). The molecular formula is C21H23NO3. The number of nitrogens with one attached hydrogen (secondary N) is 1. The molecule has 1 heterocycles. The number of hydrogen-bond donors (Lipinski definition) is 1. The molecule has 4 heteroatoms. The van der Waals surface area contributed by atoms with Gasteiger partial charge in [-0.2, -0.15) is 0 Å². The van der Waals surface area contributed by atoms with Crippen molar-refractivity contribution in [3.63, 3.8) is 0 Å². The van der Waals surface area contributed by atoms with Gasteiger partial charge in [-0.15, -0.1) is 0 Å². The number of benzene rings is 2. The highest BCUT2D eigenvalue weighted by molar-refractivity contribution is 5.99. The molecule has 130 valence electrons. The Morgan fingerprint density at radius 2 is 1.76 bits per heavy atom. The van der Waals surface area contributed by atoms with Crippen molar-refractivity contribution in [2.24, 2.45) is 0 Å². The molecule has 2 aromatic carbocycles. The first-order valence-electron chi connectivity index (χ1n) is 8.45. The number of fused-ring (bicyclic) bond motifs is 1. The zero-order valence-corrected chi connectivity index (χ0v) is 15.1. The first kappa shape index (κ1) is 17.1. The topological polar surface area (TPSA) is 51.5 Å². The lowest BCUT2D eigenvalue weighted by Gasteiger charge is -2.17. The number of furan rings is 1. The van der Waals surface area contributed by atoms with E-state index in [0.717, 1.165) is 33.4 Å². The van der Waals surface area contributed by atoms with E-state index in [1.807, 2.05) is 70.2 Å². The number of carbonyl (C=O) groups is 1. The number of hydrogen-bond acceptors (Lipinski definition) is 3. The second-order valence-electron chi connectivity index (χ2n) is 6.46. The van der Waals surface area contributed by atoms with Gasteiger partial charge in [0.1, 0.15) is 17.9 Å². The third kappa shape index (κ3) is 3.53. The first-order chi connectivity index (χ1) is 12.0. The van der Waals surface area contributed by atoms with Gasteiger partial charge in [-0.3, -0.25) is 4.79 Å². The van der Waals surface area contributed by atoms with Gasteiger partial charge in [0.05, 0.1) is 6.04 Å². The SMILES string of the molecule is Cc1cccc(C)c1OCC(C)NC(=O)c1oc2ccccc2c1C. The number of ether oxygens (including phenoxy) is 1. The third-order valence-corrected chi connectivity index (χ3v) is 4.31. The Hall–Kier alpha value is -2.75. The Balaban J connectivity index is 1.67. The summed E-state index contributed by atoms with van der Waals surface area (Å²) >= 11 is 0. The van der Waals surface area contributed by atoms with Gasteiger partial charge in [-0.1, -0.05) is 36.4 Å². The zero-order valence-electron chi connectivity index (χ0n) is 15.1. The molecule has 0 aliphatic carbocycles. The minimum atomic E-state index is -0.216. The smallest absolute Gasteiger partial charge is 0.287 e. The molecule has 1 N–H and O–H groups in total. The number of rotatable bonds is 5. The lowest BCUT2D eigenvalue weighted by atomic mass is 10.1. The van der Waals surface area contributed by atoms with Crippen molar-refractivity contribution in [3.8, 4) is 5.75 Å². The Bertz CT molecular complexity index is 890. The van der Waals surface area contributed by atoms with E-state index in [1.54, 1.807) is 0 Å². The van der Waals surface area contributed by atoms with Gasteiger partial charge in [0.15, 0.2) is 5.76 Å². The summed E-state index contributed by atoms with van der Waals surface area (Å²) in [4.78, 5) is 12.5. The fourth-order valence-electron chi connectivity index (χ4n) is 2.96. The van der Waals surface area contributed by atoms with Crippen LogP contribution in [0.15, 0.2) is 46.9 Å². The van der Waals surface area contributed by atoms with E-state index in [-0.39, 0.29) is 11.9 Å². The second kappa shape index (κ2) is 7.01. The maximum Gasteiger partial charge on any atom is 0.287 e. The van der Waals surface area contributed by atoms with Crippen LogP contribution < -0.4 is 10.1 Å². The van der Waals surface area contributed by atoms with Crippen molar-refractivity contribution in [3.05, 3.63) is 64.9 Å². The van der Waals surface area contributed by atoms with Crippen LogP contribution in [0.5, 0.6) is 5.75 Å². The number of para-hydroxylation sites is 2. The molecule has 3 aromatic rings. The largest absolute Gasteiger partial charge is 0.491 e. The van der Waals surface area contributed by atoms with E-state index in [2.05, 4.69) is 5.32 Å². The molecule has 0 saturated carbocycles. The van der Waals surface area contributed by atoms with E-state index >= 15 is 0 Å². The van der Waals surface area contributed by atoms with Crippen LogP contribution in [0.2, 0.25) is 0 Å². The number of aryl methyl sites for hydroxylation is 3. The fourth-order valence-corrected chi connectivity index (χ4v) is 2.96. The highest BCUT2D eigenvalue weighted by atomic mass is 16.5. The van der Waals surface area contributed by atoms with Gasteiger partial charge in [0.25, 0.3) is 5.91 Å². The Labute approximate surface area is 147 Å². The minimum absolute atomic E-state index is 0.140. The second-order valence-corrected chi connectivity index (χ2v) is 6.46. The van der Waals surface area contributed by atoms with Crippen molar-refractivity contribution in [2.75, 3.05) is 6.61 Å². The number of amides is 1. The van der Waals surface area contributed by atoms with Gasteiger partial charge in [0, 0.05) is 10.9 Å². The Morgan fingerprint density at radius 3 is 2.44 bits per heavy atom. The van der Waals surface area contributed by atoms with E-state index < -0.39 is 0 Å². The summed E-state index contributed by atoms with van der Waals surface area (Å²) in [6.45, 7) is 8.26. The van der Waals surface area contributed by atoms with E-state index in [4.69, 9.17) is 9.15 Å². The maximum atomic E-state index is 12.5. The molecule has 0 aliphatic rings. The summed E-state index contributed by atoms with van der Waals surface area (Å²) in [5, 5.41) is 3.91. The summed E-state index contributed by atoms with van der Waals surface area (Å²) in [7, 11) is 0. The lowest BCUT2D eigenvalue weighted by molar-refractivity contribution is 0.0900. The van der Waals surface area contributed by atoms with E-state index in [9.17, 15) is 4.79 Å². The van der Waals surface area contributed by atoms with Crippen molar-refractivity contribution < 1.29 is 13.9 Å². The average molecular weight is 337 g/mol. The molecule has 4 nitrogen and oxygen atoms in total. The predicted octanol–water partition coefficient (Wildman–Crippen LogP) is 4.56. The van der Waals surface area contributed by atoms with Crippen molar-refractivity contribution >= 4 is 16.9 Å². The lowest BCUT2D eigenvalue weighted by Crippen LogP contribution is -2.37. The summed E-state index contributed by atoms with van der Waals surface area (Å²) in [6.07, 6.45) is 0. The predicted molar refractivity (Wildman–Crippen MR) is 99.3 cm³/mol. The molecule has 0 fully saturated rings. The zero-order chi connectivity index (χ0) is 18.0. The Morgan fingerprint density at radius 1 is 1.08 bits per heavy atom. The summed E-state index contributed by atoms with van der Waals surface area (Å²) < 4.78 is 11.6. The van der Waals surface area contributed by atoms with E-state index in [0.29, 0.717) is 12.4 Å². The molecule has 1 unspecified atom stereocenters. The average Bonchev–Trinajstić information content (AvgIpc) is 2.92. The van der Waals surface area contributed by atoms with Crippen LogP contribution in [-0.4, -0.2) is 18.6 Å². The maximum absolute atomic E-state index is 12.5. The summed E-state index contributed by atoms with van der Waals surface area (Å²) in [5.41, 5.74) is 3.76. The molecule has 0 saturated heterocycles. The summed E-state index contributed by atoms with van der Waals surface area (Å²) in [6, 6.07) is 13.6. The van der Waals surface area contributed by atoms with E-state index in [1.165, 1.54) is 0 Å². The van der Waals surface area contributed by atoms with Crippen LogP contribution in [0.4, 0.5) is 0 Å². The molecule has 25 heavy (non-hydrogen) atoms. The van der Waals surface area contributed by atoms with Crippen molar-refractivity contribution in [2.45, 2.75) is 33.7 Å². The van der Waals surface area contributed by atoms with Crippen molar-refractivity contribution in [1.82, 2.24) is 5.32 Å². The molecule has 3 rings (SSSR count). The van der Waals surface area contributed by atoms with Gasteiger partial charge in [0.2, 0.25) is 0 Å². The van der Waals surface area contributed by atoms with Gasteiger partial charge < -0.3 is 14.5 Å². The van der Waals surface area contributed by atoms with Gasteiger partial charge in [-0.05, 0) is 44.9 Å². The first-order valence-corrected chi connectivity index (χ1v) is 8.45. The van der Waals surface area contributed by atoms with Gasteiger partial charge >= 0.3 is 0 Å². The molecular weight excluding hydrogens is 314 g/mol. The fraction of sp³-hybridized carbons (Fsp3) is 0.286. The molecule has 1 aromatic heterocycles. The highest BCUT2D eigenvalue weighted by Crippen LogP contribution is 2.25. The Kier molecular flexibility index (Phi) is 4.79. The quantitative estimate of drug-likeness (QED) is 0.743. The molecule has 0 aliphatic heterocycles. The molecule has 0 spiro atoms. The molecule has 0 bridgehead atoms. The van der Waals surface area contributed by atoms with Crippen LogP contribution in [-0.2, 0) is 0 Å². The normalized spacial score (nSPS) is 12.2. The van der Waals surface area contributed by atoms with Crippen molar-refractivity contribution in [1.29, 1.82) is 0 Å². The third-order valence-electron chi connectivity index (χ3n) is 4.31. The number of carbonyl (C=O) groups excluding carboxylic acids is 1. The highest BCUT2D eigenvalue weighted by Gasteiger charge is 2.19. The van der Waals surface area contributed by atoms with Gasteiger partial charge in [-0.25, -0.2) is 0 Å². The molecule has 1 atom stereocenters. The van der Waals surface area contributed by atoms with Crippen LogP contribution in [0.3, 0.4) is 0 Å². The minimum Gasteiger partial charge on any atom is -0.491 e. The molecule has 1 amide bonds. The van der Waals surface area contributed by atoms with Crippen LogP contribution in [0.1, 0.15) is 34.2 Å². The monoisotopic (exact) mass is 337 g/mol. The van der Waals surface area contributed by atoms with Crippen LogP contribution >= 0.6 is 0 Å². The molecule has 0 radical (unpaired) electrons. The van der Waals surface area contributed by atoms with Crippen LogP contribution in [0.25, 0.3) is 11.0 Å². The summed E-state index contributed by atoms with van der Waals surface area (Å²) in [5.74, 6) is 1.02. The van der Waals surface area contributed by atoms with Crippen LogP contribution in [0, 0.1) is 20.8 Å².